The second kappa shape index (κ2) is 3.64. The van der Waals surface area contributed by atoms with Gasteiger partial charge in [-0.2, -0.15) is 5.26 Å². The smallest absolute Gasteiger partial charge is 0.378 e. The molecule has 0 spiro atoms. The summed E-state index contributed by atoms with van der Waals surface area (Å²) in [5.74, 6) is -0.419. The van der Waals surface area contributed by atoms with E-state index in [1.54, 1.807) is 10.6 Å². The van der Waals surface area contributed by atoms with Crippen LogP contribution in [0.25, 0.3) is 17.1 Å². The molecule has 1 aromatic heterocycles. The quantitative estimate of drug-likeness (QED) is 0.603. The molecular formula is C12H9NO4. The van der Waals surface area contributed by atoms with Crippen LogP contribution in [0.1, 0.15) is 10.4 Å². The number of aromatic nitrogens is 1. The first-order chi connectivity index (χ1) is 8.33. The number of hydrogen-bond donors (Lipinski definition) is 1. The van der Waals surface area contributed by atoms with Crippen molar-refractivity contribution in [1.82, 2.24) is 4.57 Å². The third-order valence-electron chi connectivity index (χ3n) is 2.72. The van der Waals surface area contributed by atoms with Crippen LogP contribution in [0, 0.1) is 0 Å². The summed E-state index contributed by atoms with van der Waals surface area (Å²) in [7, 11) is 0. The molecule has 1 aliphatic heterocycles. The molecule has 0 fully saturated rings. The highest BCUT2D eigenvalue weighted by Gasteiger charge is 2.25. The highest BCUT2D eigenvalue weighted by molar-refractivity contribution is 6.07. The minimum Gasteiger partial charge on any atom is -0.474 e. The van der Waals surface area contributed by atoms with Crippen LogP contribution in [0.5, 0.6) is 5.88 Å². The number of carbonyl (C=O) groups excluding carboxylic acids is 1. The average molecular weight is 231 g/mol. The van der Waals surface area contributed by atoms with Gasteiger partial charge in [-0.1, -0.05) is 18.2 Å². The zero-order chi connectivity index (χ0) is 11.8. The Balaban J connectivity index is 2.40. The molecule has 2 heterocycles. The first kappa shape index (κ1) is 9.92. The van der Waals surface area contributed by atoms with E-state index in [2.05, 4.69) is 4.89 Å². The van der Waals surface area contributed by atoms with Gasteiger partial charge in [-0.15, -0.1) is 0 Å². The molecule has 0 bridgehead atoms. The van der Waals surface area contributed by atoms with Crippen molar-refractivity contribution < 1.29 is 19.7 Å². The Kier molecular flexibility index (Phi) is 2.12. The molecule has 5 heteroatoms. The lowest BCUT2D eigenvalue weighted by Gasteiger charge is -2.11. The molecule has 0 saturated heterocycles. The second-order valence-corrected chi connectivity index (χ2v) is 3.64. The number of benzene rings is 1. The summed E-state index contributed by atoms with van der Waals surface area (Å²) in [6, 6.07) is 7.33. The lowest BCUT2D eigenvalue weighted by atomic mass is 10.2. The summed E-state index contributed by atoms with van der Waals surface area (Å²) >= 11 is 0. The number of para-hydroxylation sites is 1. The Bertz CT molecular complexity index is 627. The molecule has 3 rings (SSSR count). The lowest BCUT2D eigenvalue weighted by molar-refractivity contribution is -0.182. The molecule has 1 aromatic carbocycles. The Hall–Kier alpha value is -2.27. The largest absolute Gasteiger partial charge is 0.474 e. The van der Waals surface area contributed by atoms with E-state index < -0.39 is 5.97 Å². The van der Waals surface area contributed by atoms with E-state index in [9.17, 15) is 4.79 Å². The SMILES string of the molecule is O=C(OO)c1c2n(c3ccccc13)C=CCO2. The van der Waals surface area contributed by atoms with Gasteiger partial charge in [0.2, 0.25) is 5.88 Å². The van der Waals surface area contributed by atoms with E-state index in [1.807, 2.05) is 30.5 Å². The predicted molar refractivity (Wildman–Crippen MR) is 60.8 cm³/mol. The van der Waals surface area contributed by atoms with E-state index in [0.29, 0.717) is 17.9 Å². The van der Waals surface area contributed by atoms with Gasteiger partial charge in [-0.3, -0.25) is 9.45 Å². The number of ether oxygens (including phenoxy) is 1. The molecule has 0 amide bonds. The monoisotopic (exact) mass is 231 g/mol. The van der Waals surface area contributed by atoms with Crippen molar-refractivity contribution >= 4 is 23.1 Å². The molecule has 86 valence electrons. The van der Waals surface area contributed by atoms with E-state index in [0.717, 1.165) is 5.52 Å². The number of fused-ring (bicyclic) bond motifs is 3. The molecule has 5 nitrogen and oxygen atoms in total. The van der Waals surface area contributed by atoms with Crippen LogP contribution in [-0.4, -0.2) is 22.4 Å². The standard InChI is InChI=1S/C12H9NO4/c14-12(17-15)10-8-4-1-2-5-9(8)13-6-3-7-16-11(10)13/h1-6,15H,7H2. The van der Waals surface area contributed by atoms with Gasteiger partial charge in [0.25, 0.3) is 0 Å². The van der Waals surface area contributed by atoms with Gasteiger partial charge in [0.1, 0.15) is 12.2 Å². The predicted octanol–water partition coefficient (Wildman–Crippen LogP) is 2.13. The number of nitrogens with zero attached hydrogens (tertiary/aromatic N) is 1. The summed E-state index contributed by atoms with van der Waals surface area (Å²) in [5.41, 5.74) is 1.08. The van der Waals surface area contributed by atoms with Crippen molar-refractivity contribution in [3.05, 3.63) is 35.9 Å². The maximum atomic E-state index is 11.6. The van der Waals surface area contributed by atoms with Gasteiger partial charge in [-0.25, -0.2) is 4.79 Å². The first-order valence-electron chi connectivity index (χ1n) is 5.11. The molecule has 0 radical (unpaired) electrons. The van der Waals surface area contributed by atoms with Crippen LogP contribution in [0.3, 0.4) is 0 Å². The molecule has 1 aliphatic rings. The van der Waals surface area contributed by atoms with E-state index in [1.165, 1.54) is 0 Å². The Morgan fingerprint density at radius 3 is 3.06 bits per heavy atom. The number of carbonyl (C=O) groups is 1. The molecule has 0 unspecified atom stereocenters. The fourth-order valence-corrected chi connectivity index (χ4v) is 2.05. The molecule has 0 saturated carbocycles. The summed E-state index contributed by atoms with van der Waals surface area (Å²) < 4.78 is 7.18. The summed E-state index contributed by atoms with van der Waals surface area (Å²) in [6.45, 7) is 0.391. The maximum Gasteiger partial charge on any atom is 0.378 e. The van der Waals surface area contributed by atoms with Gasteiger partial charge in [0.15, 0.2) is 0 Å². The maximum absolute atomic E-state index is 11.6. The van der Waals surface area contributed by atoms with Crippen molar-refractivity contribution in [2.75, 3.05) is 6.61 Å². The van der Waals surface area contributed by atoms with Crippen molar-refractivity contribution in [2.45, 2.75) is 0 Å². The number of rotatable bonds is 1. The van der Waals surface area contributed by atoms with Crippen molar-refractivity contribution in [1.29, 1.82) is 0 Å². The zero-order valence-electron chi connectivity index (χ0n) is 8.79. The zero-order valence-corrected chi connectivity index (χ0v) is 8.79. The molecule has 2 aromatic rings. The molecule has 17 heavy (non-hydrogen) atoms. The molecule has 0 aliphatic carbocycles. The van der Waals surface area contributed by atoms with E-state index >= 15 is 0 Å². The van der Waals surface area contributed by atoms with Crippen LogP contribution < -0.4 is 4.74 Å². The number of hydrogen-bond acceptors (Lipinski definition) is 4. The van der Waals surface area contributed by atoms with Crippen LogP contribution >= 0.6 is 0 Å². The van der Waals surface area contributed by atoms with E-state index in [-0.39, 0.29) is 5.56 Å². The second-order valence-electron chi connectivity index (χ2n) is 3.64. The van der Waals surface area contributed by atoms with Gasteiger partial charge >= 0.3 is 5.97 Å². The molecule has 0 atom stereocenters. The topological polar surface area (TPSA) is 60.7 Å². The minimum atomic E-state index is -0.815. The summed E-state index contributed by atoms with van der Waals surface area (Å²) in [4.78, 5) is 15.4. The van der Waals surface area contributed by atoms with Crippen molar-refractivity contribution in [3.8, 4) is 5.88 Å². The van der Waals surface area contributed by atoms with Crippen LogP contribution in [0.4, 0.5) is 0 Å². The summed E-state index contributed by atoms with van der Waals surface area (Å²) in [6.07, 6.45) is 3.67. The Labute approximate surface area is 96.4 Å². The van der Waals surface area contributed by atoms with Crippen LogP contribution in [0.15, 0.2) is 30.3 Å². The highest BCUT2D eigenvalue weighted by atomic mass is 17.1. The van der Waals surface area contributed by atoms with Gasteiger partial charge in [-0.05, 0) is 12.1 Å². The van der Waals surface area contributed by atoms with Crippen molar-refractivity contribution in [3.63, 3.8) is 0 Å². The third kappa shape index (κ3) is 1.33. The lowest BCUT2D eigenvalue weighted by Crippen LogP contribution is -2.09. The minimum absolute atomic E-state index is 0.243. The normalized spacial score (nSPS) is 13.2. The fourth-order valence-electron chi connectivity index (χ4n) is 2.05. The van der Waals surface area contributed by atoms with Crippen LogP contribution in [0.2, 0.25) is 0 Å². The van der Waals surface area contributed by atoms with E-state index in [4.69, 9.17) is 9.99 Å². The van der Waals surface area contributed by atoms with Crippen molar-refractivity contribution in [2.24, 2.45) is 0 Å². The van der Waals surface area contributed by atoms with Gasteiger partial charge in [0, 0.05) is 11.6 Å². The molecular weight excluding hydrogens is 222 g/mol. The summed E-state index contributed by atoms with van der Waals surface area (Å²) in [5, 5.41) is 9.22. The molecule has 1 N–H and O–H groups in total. The average Bonchev–Trinajstić information content (AvgIpc) is 2.72. The van der Waals surface area contributed by atoms with Gasteiger partial charge < -0.3 is 4.74 Å². The third-order valence-corrected chi connectivity index (χ3v) is 2.72. The Morgan fingerprint density at radius 1 is 1.41 bits per heavy atom. The van der Waals surface area contributed by atoms with Crippen LogP contribution in [-0.2, 0) is 4.89 Å². The highest BCUT2D eigenvalue weighted by Crippen LogP contribution is 2.34. The fraction of sp³-hybridized carbons (Fsp3) is 0.0833. The first-order valence-corrected chi connectivity index (χ1v) is 5.11. The van der Waals surface area contributed by atoms with Gasteiger partial charge in [0.05, 0.1) is 5.52 Å². The Morgan fingerprint density at radius 2 is 2.24 bits per heavy atom.